The fourth-order valence-electron chi connectivity index (χ4n) is 0. The molecule has 0 atom stereocenters. The lowest BCUT2D eigenvalue weighted by Gasteiger charge is -1.80. The minimum atomic E-state index is -0.588. The molecule has 1 nitrogen and oxygen atoms in total. The maximum atomic E-state index is 7.91. The minimum Gasteiger partial charge on any atom is -0.430 e. The molecule has 0 heterocycles. The van der Waals surface area contributed by atoms with Gasteiger partial charge in [-0.05, 0) is 0 Å². The van der Waals surface area contributed by atoms with Crippen LogP contribution in [0.3, 0.4) is 0 Å². The van der Waals surface area contributed by atoms with Gasteiger partial charge >= 0.3 is 0 Å². The lowest BCUT2D eigenvalue weighted by molar-refractivity contribution is 0.605. The molecular formula is CH2Cl2OSi. The van der Waals surface area contributed by atoms with E-state index in [0.29, 0.717) is 0 Å². The van der Waals surface area contributed by atoms with Gasteiger partial charge in [0.05, 0.1) is 0 Å². The summed E-state index contributed by atoms with van der Waals surface area (Å²) in [6.07, 6.45) is 0. The van der Waals surface area contributed by atoms with Crippen molar-refractivity contribution in [3.05, 3.63) is 0 Å². The van der Waals surface area contributed by atoms with Crippen LogP contribution in [0.15, 0.2) is 0 Å². The molecule has 0 saturated carbocycles. The van der Waals surface area contributed by atoms with Gasteiger partial charge in [-0.15, -0.1) is 23.2 Å². The van der Waals surface area contributed by atoms with E-state index in [-0.39, 0.29) is 9.76 Å². The van der Waals surface area contributed by atoms with Gasteiger partial charge in [-0.3, -0.25) is 0 Å². The number of hydrogen-bond donors (Lipinski definition) is 1. The molecule has 0 saturated heterocycles. The predicted molar refractivity (Wildman–Crippen MR) is 23.5 cm³/mol. The van der Waals surface area contributed by atoms with Crippen LogP contribution in [0.2, 0.25) is 0 Å². The Morgan fingerprint density at radius 1 is 1.60 bits per heavy atom. The predicted octanol–water partition coefficient (Wildman–Crippen LogP) is 0.359. The number of rotatable bonds is 1. The molecule has 0 aliphatic rings. The van der Waals surface area contributed by atoms with Gasteiger partial charge in [0, 0.05) is 0 Å². The highest BCUT2D eigenvalue weighted by molar-refractivity contribution is 6.65. The summed E-state index contributed by atoms with van der Waals surface area (Å²) >= 11 is 9.98. The zero-order valence-corrected chi connectivity index (χ0v) is 4.79. The summed E-state index contributed by atoms with van der Waals surface area (Å²) < 4.78 is -0.588. The number of hydrogen-bond acceptors (Lipinski definition) is 1. The van der Waals surface area contributed by atoms with Crippen LogP contribution in [0, 0.1) is 0 Å². The van der Waals surface area contributed by atoms with E-state index in [1.807, 2.05) is 0 Å². The lowest BCUT2D eigenvalue weighted by Crippen LogP contribution is -1.97. The third-order valence-corrected chi connectivity index (χ3v) is 0.878. The van der Waals surface area contributed by atoms with Gasteiger partial charge in [0.15, 0.2) is 0 Å². The molecule has 0 aromatic carbocycles. The van der Waals surface area contributed by atoms with E-state index in [9.17, 15) is 0 Å². The van der Waals surface area contributed by atoms with Gasteiger partial charge < -0.3 is 4.80 Å². The summed E-state index contributed by atoms with van der Waals surface area (Å²) in [5.41, 5.74) is 0. The SMILES string of the molecule is O[Si]C(Cl)Cl. The molecule has 0 amide bonds. The highest BCUT2D eigenvalue weighted by Gasteiger charge is 1.92. The summed E-state index contributed by atoms with van der Waals surface area (Å²) in [6, 6.07) is 0. The maximum absolute atomic E-state index is 7.91. The van der Waals surface area contributed by atoms with Gasteiger partial charge in [-0.25, -0.2) is 0 Å². The summed E-state index contributed by atoms with van der Waals surface area (Å²) in [4.78, 5) is 7.91. The first-order chi connectivity index (χ1) is 2.27. The molecule has 30 valence electrons. The van der Waals surface area contributed by atoms with Gasteiger partial charge in [0.1, 0.15) is 4.46 Å². The Hall–Kier alpha value is 0.757. The van der Waals surface area contributed by atoms with Crippen molar-refractivity contribution in [2.75, 3.05) is 0 Å². The topological polar surface area (TPSA) is 20.2 Å². The zero-order chi connectivity index (χ0) is 4.28. The summed E-state index contributed by atoms with van der Waals surface area (Å²) in [6.45, 7) is 0. The van der Waals surface area contributed by atoms with E-state index in [2.05, 4.69) is 0 Å². The van der Waals surface area contributed by atoms with Crippen molar-refractivity contribution in [2.45, 2.75) is 4.46 Å². The molecular weight excluding hydrogens is 127 g/mol. The molecule has 0 spiro atoms. The number of alkyl halides is 2. The van der Waals surface area contributed by atoms with Gasteiger partial charge in [-0.1, -0.05) is 0 Å². The van der Waals surface area contributed by atoms with E-state index >= 15 is 0 Å². The van der Waals surface area contributed by atoms with E-state index in [0.717, 1.165) is 0 Å². The third-order valence-electron chi connectivity index (χ3n) is 0.0976. The van der Waals surface area contributed by atoms with Gasteiger partial charge in [-0.2, -0.15) is 0 Å². The molecule has 0 unspecified atom stereocenters. The van der Waals surface area contributed by atoms with Crippen molar-refractivity contribution in [3.63, 3.8) is 0 Å². The second-order valence-corrected chi connectivity index (χ2v) is 3.09. The molecule has 0 fully saturated rings. The van der Waals surface area contributed by atoms with Crippen LogP contribution < -0.4 is 0 Å². The van der Waals surface area contributed by atoms with Crippen LogP contribution in [0.1, 0.15) is 0 Å². The molecule has 0 aromatic rings. The Bertz CT molecular complexity index is 23.6. The molecule has 0 aliphatic heterocycles. The first kappa shape index (κ1) is 5.76. The lowest BCUT2D eigenvalue weighted by atomic mass is 11.9. The first-order valence-corrected chi connectivity index (χ1v) is 2.85. The highest BCUT2D eigenvalue weighted by atomic mass is 35.5. The molecule has 4 heteroatoms. The number of halogens is 2. The summed E-state index contributed by atoms with van der Waals surface area (Å²) in [7, 11) is -0.355. The zero-order valence-electron chi connectivity index (χ0n) is 2.28. The largest absolute Gasteiger partial charge is 0.430 e. The van der Waals surface area contributed by atoms with Crippen LogP contribution in [-0.4, -0.2) is 19.0 Å². The van der Waals surface area contributed by atoms with Crippen molar-refractivity contribution in [1.29, 1.82) is 0 Å². The molecule has 1 N–H and O–H groups in total. The second kappa shape index (κ2) is 2.97. The normalized spacial score (nSPS) is 9.60. The standard InChI is InChI=1S/CH2Cl2OSi/c2-1(3)5-4/h1,4H. The molecule has 0 rings (SSSR count). The molecule has 0 bridgehead atoms. The minimum absolute atomic E-state index is 0.355. The Kier molecular flexibility index (Phi) is 3.42. The van der Waals surface area contributed by atoms with Crippen LogP contribution >= 0.6 is 23.2 Å². The van der Waals surface area contributed by atoms with Crippen molar-refractivity contribution < 1.29 is 4.80 Å². The Balaban J connectivity index is 2.54. The fraction of sp³-hybridized carbons (Fsp3) is 1.00. The van der Waals surface area contributed by atoms with Crippen LogP contribution in [-0.2, 0) is 0 Å². The van der Waals surface area contributed by atoms with Gasteiger partial charge in [0.25, 0.3) is 9.76 Å². The van der Waals surface area contributed by atoms with Crippen molar-refractivity contribution in [1.82, 2.24) is 0 Å². The quantitative estimate of drug-likeness (QED) is 0.400. The molecule has 2 radical (unpaired) electrons. The Labute approximate surface area is 42.8 Å². The Morgan fingerprint density at radius 2 is 1.80 bits per heavy atom. The van der Waals surface area contributed by atoms with Crippen molar-refractivity contribution in [2.24, 2.45) is 0 Å². The third kappa shape index (κ3) is 4.76. The average Bonchev–Trinajstić information content (AvgIpc) is 1.38. The van der Waals surface area contributed by atoms with Crippen LogP contribution in [0.4, 0.5) is 0 Å². The van der Waals surface area contributed by atoms with E-state index < -0.39 is 4.46 Å². The summed E-state index contributed by atoms with van der Waals surface area (Å²) in [5.74, 6) is 0. The maximum Gasteiger partial charge on any atom is 0.262 e. The van der Waals surface area contributed by atoms with Crippen molar-refractivity contribution >= 4 is 33.0 Å². The first-order valence-electron chi connectivity index (χ1n) is 0.949. The van der Waals surface area contributed by atoms with Crippen LogP contribution in [0.5, 0.6) is 0 Å². The smallest absolute Gasteiger partial charge is 0.262 e. The van der Waals surface area contributed by atoms with Crippen LogP contribution in [0.25, 0.3) is 0 Å². The van der Waals surface area contributed by atoms with E-state index in [4.69, 9.17) is 28.0 Å². The van der Waals surface area contributed by atoms with Gasteiger partial charge in [0.2, 0.25) is 0 Å². The molecule has 0 aromatic heterocycles. The van der Waals surface area contributed by atoms with Crippen molar-refractivity contribution in [3.8, 4) is 0 Å². The average molecular weight is 129 g/mol. The van der Waals surface area contributed by atoms with E-state index in [1.165, 1.54) is 0 Å². The molecule has 5 heavy (non-hydrogen) atoms. The summed E-state index contributed by atoms with van der Waals surface area (Å²) in [5, 5.41) is 0. The monoisotopic (exact) mass is 128 g/mol. The molecule has 0 aliphatic carbocycles. The fourth-order valence-corrected chi connectivity index (χ4v) is 0. The second-order valence-electron chi connectivity index (χ2n) is 0.430. The van der Waals surface area contributed by atoms with E-state index in [1.54, 1.807) is 0 Å². The Morgan fingerprint density at radius 3 is 1.80 bits per heavy atom. The highest BCUT2D eigenvalue weighted by Crippen LogP contribution is 1.94.